The van der Waals surface area contributed by atoms with E-state index in [0.717, 1.165) is 17.7 Å². The fourth-order valence-electron chi connectivity index (χ4n) is 8.11. The largest absolute Gasteiger partial charge is 0.280 e. The predicted molar refractivity (Wildman–Crippen MR) is 284 cm³/mol. The molecular formula is C60H50NP3. The lowest BCUT2D eigenvalue weighted by molar-refractivity contribution is 1.07. The van der Waals surface area contributed by atoms with E-state index < -0.39 is 23.8 Å². The fraction of sp³-hybridized carbons (Fsp3) is 0.0500. The highest BCUT2D eigenvalue weighted by Crippen LogP contribution is 2.35. The van der Waals surface area contributed by atoms with E-state index in [9.17, 15) is 0 Å². The molecule has 0 aliphatic heterocycles. The van der Waals surface area contributed by atoms with E-state index >= 15 is 0 Å². The quantitative estimate of drug-likeness (QED) is 0.0719. The van der Waals surface area contributed by atoms with Crippen molar-refractivity contribution in [3.8, 4) is 0 Å². The zero-order chi connectivity index (χ0) is 43.3. The Labute approximate surface area is 383 Å². The number of rotatable bonds is 15. The van der Waals surface area contributed by atoms with Crippen molar-refractivity contribution in [3.63, 3.8) is 0 Å². The van der Waals surface area contributed by atoms with Crippen molar-refractivity contribution in [2.75, 3.05) is 0 Å². The van der Waals surface area contributed by atoms with E-state index in [2.05, 4.69) is 268 Å². The number of hydrogen-bond donors (Lipinski definition) is 0. The Balaban J connectivity index is 1.07. The highest BCUT2D eigenvalue weighted by atomic mass is 31.1. The first-order valence-electron chi connectivity index (χ1n) is 22.0. The van der Waals surface area contributed by atoms with Crippen LogP contribution in [0.1, 0.15) is 30.0 Å². The lowest BCUT2D eigenvalue weighted by Crippen LogP contribution is -2.20. The van der Waals surface area contributed by atoms with Crippen molar-refractivity contribution in [3.05, 3.63) is 278 Å². The van der Waals surface area contributed by atoms with E-state index in [1.807, 2.05) is 0 Å². The van der Waals surface area contributed by atoms with Crippen molar-refractivity contribution >= 4 is 82.8 Å². The Bertz CT molecular complexity index is 2770. The summed E-state index contributed by atoms with van der Waals surface area (Å²) in [5, 5.41) is 12.1. The van der Waals surface area contributed by atoms with Gasteiger partial charge in [0.1, 0.15) is 0 Å². The smallest absolute Gasteiger partial charge is 0.0653 e. The van der Waals surface area contributed by atoms with Crippen LogP contribution in [0.3, 0.4) is 0 Å². The second-order valence-corrected chi connectivity index (χ2v) is 22.2. The normalized spacial score (nSPS) is 11.9. The van der Waals surface area contributed by atoms with Crippen LogP contribution in [-0.4, -0.2) is 5.71 Å². The van der Waals surface area contributed by atoms with Crippen LogP contribution in [0.5, 0.6) is 0 Å². The average Bonchev–Trinajstić information content (AvgIpc) is 3.37. The fourth-order valence-corrected chi connectivity index (χ4v) is 15.0. The van der Waals surface area contributed by atoms with Crippen molar-refractivity contribution in [1.29, 1.82) is 0 Å². The number of aliphatic imine (C=N–C) groups is 1. The Kier molecular flexibility index (Phi) is 14.3. The van der Waals surface area contributed by atoms with E-state index in [1.165, 1.54) is 64.4 Å². The summed E-state index contributed by atoms with van der Waals surface area (Å²) >= 11 is 0. The van der Waals surface area contributed by atoms with Gasteiger partial charge in [0.25, 0.3) is 0 Å². The van der Waals surface area contributed by atoms with Crippen LogP contribution in [0.4, 0.5) is 0 Å². The minimum Gasteiger partial charge on any atom is -0.280 e. The maximum atomic E-state index is 5.44. The second kappa shape index (κ2) is 21.4. The summed E-state index contributed by atoms with van der Waals surface area (Å²) in [6.45, 7) is 2.84. The van der Waals surface area contributed by atoms with Crippen LogP contribution in [0, 0.1) is 0 Å². The molecule has 0 fully saturated rings. The van der Waals surface area contributed by atoms with Gasteiger partial charge in [-0.25, -0.2) is 0 Å². The van der Waals surface area contributed by atoms with Gasteiger partial charge in [-0.3, -0.25) is 4.99 Å². The minimum atomic E-state index is -0.715. The molecule has 0 aliphatic rings. The van der Waals surface area contributed by atoms with Crippen molar-refractivity contribution in [2.45, 2.75) is 19.9 Å². The summed E-state index contributed by atoms with van der Waals surface area (Å²) in [6.07, 6.45) is 3.21. The van der Waals surface area contributed by atoms with Gasteiger partial charge in [-0.2, -0.15) is 0 Å². The maximum Gasteiger partial charge on any atom is 0.0653 e. The summed E-state index contributed by atoms with van der Waals surface area (Å²) < 4.78 is 0. The molecule has 9 aromatic carbocycles. The number of hydrogen-bond acceptors (Lipinski definition) is 1. The molecule has 0 radical (unpaired) electrons. The predicted octanol–water partition coefficient (Wildman–Crippen LogP) is 11.4. The minimum absolute atomic E-state index is 0.581. The first-order chi connectivity index (χ1) is 31.7. The third kappa shape index (κ3) is 10.4. The summed E-state index contributed by atoms with van der Waals surface area (Å²) in [4.78, 5) is 5.44. The lowest BCUT2D eigenvalue weighted by Gasteiger charge is -2.20. The van der Waals surface area contributed by atoms with E-state index in [-0.39, 0.29) is 0 Å². The van der Waals surface area contributed by atoms with Gasteiger partial charge >= 0.3 is 0 Å². The first kappa shape index (κ1) is 43.0. The second-order valence-electron chi connectivity index (χ2n) is 15.5. The third-order valence-corrected chi connectivity index (χ3v) is 18.7. The molecule has 0 aromatic heterocycles. The van der Waals surface area contributed by atoms with Gasteiger partial charge in [-0.15, -0.1) is 0 Å². The maximum absolute atomic E-state index is 5.44. The molecule has 310 valence electrons. The Morgan fingerprint density at radius 1 is 0.328 bits per heavy atom. The topological polar surface area (TPSA) is 12.4 Å². The Hall–Kier alpha value is -6.32. The first-order valence-corrected chi connectivity index (χ1v) is 26.0. The van der Waals surface area contributed by atoms with Crippen LogP contribution in [-0.2, 0) is 6.54 Å². The molecule has 0 amide bonds. The molecule has 9 aromatic rings. The molecule has 1 nitrogen and oxygen atoms in total. The Morgan fingerprint density at radius 3 is 0.891 bits per heavy atom. The van der Waals surface area contributed by atoms with Crippen LogP contribution in [0.2, 0.25) is 0 Å². The van der Waals surface area contributed by atoms with Crippen LogP contribution in [0.25, 0.3) is 5.57 Å². The molecule has 0 heterocycles. The summed E-state index contributed by atoms with van der Waals surface area (Å²) in [5.41, 5.74) is 5.79. The van der Waals surface area contributed by atoms with Gasteiger partial charge in [0.15, 0.2) is 0 Å². The van der Waals surface area contributed by atoms with Crippen molar-refractivity contribution in [1.82, 2.24) is 0 Å². The molecule has 0 spiro atoms. The van der Waals surface area contributed by atoms with Crippen LogP contribution >= 0.6 is 23.8 Å². The highest BCUT2D eigenvalue weighted by Gasteiger charge is 2.19. The molecule has 9 rings (SSSR count). The zero-order valence-corrected chi connectivity index (χ0v) is 38.7. The van der Waals surface area contributed by atoms with Gasteiger partial charge in [0.05, 0.1) is 12.3 Å². The van der Waals surface area contributed by atoms with Gasteiger partial charge in [-0.1, -0.05) is 262 Å². The van der Waals surface area contributed by atoms with Crippen molar-refractivity contribution in [2.24, 2.45) is 4.99 Å². The highest BCUT2D eigenvalue weighted by molar-refractivity contribution is 7.80. The summed E-state index contributed by atoms with van der Waals surface area (Å²) in [5.74, 6) is 0. The van der Waals surface area contributed by atoms with E-state index in [1.54, 1.807) is 0 Å². The molecule has 0 bridgehead atoms. The van der Waals surface area contributed by atoms with Gasteiger partial charge in [0.2, 0.25) is 0 Å². The van der Waals surface area contributed by atoms with E-state index in [4.69, 9.17) is 4.99 Å². The average molecular weight is 878 g/mol. The molecule has 0 aliphatic carbocycles. The van der Waals surface area contributed by atoms with Crippen LogP contribution < -0.4 is 47.7 Å². The summed E-state index contributed by atoms with van der Waals surface area (Å²) in [6, 6.07) is 93.2. The molecule has 0 unspecified atom stereocenters. The molecular weight excluding hydrogens is 828 g/mol. The van der Waals surface area contributed by atoms with Gasteiger partial charge in [0, 0.05) is 0 Å². The lowest BCUT2D eigenvalue weighted by atomic mass is 9.99. The van der Waals surface area contributed by atoms with Crippen molar-refractivity contribution < 1.29 is 0 Å². The molecule has 0 saturated heterocycles. The molecule has 0 atom stereocenters. The van der Waals surface area contributed by atoms with Gasteiger partial charge in [-0.05, 0) is 106 Å². The van der Waals surface area contributed by atoms with E-state index in [0.29, 0.717) is 6.54 Å². The molecule has 0 N–H and O–H groups in total. The Morgan fingerprint density at radius 2 is 0.594 bits per heavy atom. The number of allylic oxidation sites excluding steroid dienone is 2. The molecule has 64 heavy (non-hydrogen) atoms. The number of benzene rings is 9. The monoisotopic (exact) mass is 877 g/mol. The molecule has 0 saturated carbocycles. The summed E-state index contributed by atoms with van der Waals surface area (Å²) in [7, 11) is -2.07. The zero-order valence-electron chi connectivity index (χ0n) is 36.0. The molecule has 4 heteroatoms. The standard InChI is InChI=1S/C60H50NP3/c1-2-48(49-35-41-58(42-36-49)63(53-25-13-5-14-26-53)54-27-15-6-16-28-54)45-60(50-37-43-59(44-38-50)64(55-29-17-7-18-30-55)56-31-19-8-20-32-56)61-46-47-33-39-57(40-34-47)62(51-21-9-3-10-22-51)52-23-11-4-12-24-52/h3-45H,2,46H2,1H3/b48-45+,61-60+. The van der Waals surface area contributed by atoms with Crippen LogP contribution in [0.15, 0.2) is 266 Å². The number of nitrogens with zero attached hydrogens (tertiary/aromatic N) is 1. The third-order valence-electron chi connectivity index (χ3n) is 11.3. The SMILES string of the molecule is CC/C(=C\C(=N/Cc1ccc(P(c2ccccc2)c2ccccc2)cc1)c1ccc(P(c2ccccc2)c2ccccc2)cc1)c1ccc(P(c2ccccc2)c2ccccc2)cc1. The van der Waals surface area contributed by atoms with Gasteiger partial charge < -0.3 is 0 Å².